The van der Waals surface area contributed by atoms with E-state index in [-0.39, 0.29) is 17.6 Å². The Bertz CT molecular complexity index is 228. The summed E-state index contributed by atoms with van der Waals surface area (Å²) in [4.78, 5) is 11.3. The molecule has 66 valence electrons. The molecular formula is C10H14O2. The van der Waals surface area contributed by atoms with Gasteiger partial charge in [-0.2, -0.15) is 0 Å². The van der Waals surface area contributed by atoms with Crippen molar-refractivity contribution in [1.82, 2.24) is 0 Å². The van der Waals surface area contributed by atoms with Crippen LogP contribution in [-0.2, 0) is 9.53 Å². The van der Waals surface area contributed by atoms with Crippen molar-refractivity contribution in [2.45, 2.75) is 13.3 Å². The molecule has 0 unspecified atom stereocenters. The molecule has 2 heteroatoms. The number of ketones is 1. The van der Waals surface area contributed by atoms with Crippen LogP contribution in [0.5, 0.6) is 0 Å². The van der Waals surface area contributed by atoms with Crippen LogP contribution < -0.4 is 0 Å². The molecule has 1 aliphatic carbocycles. The van der Waals surface area contributed by atoms with Crippen LogP contribution in [0.3, 0.4) is 0 Å². The molecule has 0 aromatic rings. The molecule has 0 fully saturated rings. The Kier molecular flexibility index (Phi) is 2.69. The number of rotatable bonds is 3. The quantitative estimate of drug-likeness (QED) is 0.599. The largest absolute Gasteiger partial charge is 0.501 e. The normalized spacial score (nSPS) is 28.5. The zero-order chi connectivity index (χ0) is 9.14. The Labute approximate surface area is 72.9 Å². The molecule has 2 nitrogen and oxygen atoms in total. The van der Waals surface area contributed by atoms with Crippen molar-refractivity contribution in [3.8, 4) is 0 Å². The predicted molar refractivity (Wildman–Crippen MR) is 47.6 cm³/mol. The molecule has 0 aromatic heterocycles. The van der Waals surface area contributed by atoms with Gasteiger partial charge in [-0.05, 0) is 6.42 Å². The molecule has 0 saturated carbocycles. The van der Waals surface area contributed by atoms with Crippen molar-refractivity contribution in [3.05, 3.63) is 24.5 Å². The second kappa shape index (κ2) is 3.57. The Balaban J connectivity index is 2.72. The summed E-state index contributed by atoms with van der Waals surface area (Å²) < 4.78 is 5.08. The molecule has 0 aromatic carbocycles. The van der Waals surface area contributed by atoms with Gasteiger partial charge in [-0.3, -0.25) is 4.79 Å². The van der Waals surface area contributed by atoms with Gasteiger partial charge in [0.1, 0.15) is 5.76 Å². The molecule has 1 aliphatic rings. The van der Waals surface area contributed by atoms with Gasteiger partial charge in [0, 0.05) is 17.9 Å². The average molecular weight is 166 g/mol. The first-order valence-electron chi connectivity index (χ1n) is 4.11. The highest BCUT2D eigenvalue weighted by Crippen LogP contribution is 2.31. The van der Waals surface area contributed by atoms with E-state index in [1.165, 1.54) is 0 Å². The van der Waals surface area contributed by atoms with E-state index in [1.807, 2.05) is 6.92 Å². The monoisotopic (exact) mass is 166 g/mol. The molecule has 0 N–H and O–H groups in total. The van der Waals surface area contributed by atoms with E-state index in [1.54, 1.807) is 19.3 Å². The molecule has 0 saturated heterocycles. The summed E-state index contributed by atoms with van der Waals surface area (Å²) in [7, 11) is 1.60. The van der Waals surface area contributed by atoms with E-state index in [2.05, 4.69) is 6.58 Å². The van der Waals surface area contributed by atoms with Crippen LogP contribution in [0.4, 0.5) is 0 Å². The Morgan fingerprint density at radius 2 is 2.42 bits per heavy atom. The molecule has 0 spiro atoms. The highest BCUT2D eigenvalue weighted by molar-refractivity contribution is 5.95. The number of hydrogen-bond acceptors (Lipinski definition) is 2. The van der Waals surface area contributed by atoms with Gasteiger partial charge in [0.05, 0.1) is 7.11 Å². The zero-order valence-corrected chi connectivity index (χ0v) is 7.54. The second-order valence-electron chi connectivity index (χ2n) is 3.07. The predicted octanol–water partition coefficient (Wildman–Crippen LogP) is 1.93. The Hall–Kier alpha value is -1.05. The van der Waals surface area contributed by atoms with E-state index in [9.17, 15) is 4.79 Å². The summed E-state index contributed by atoms with van der Waals surface area (Å²) >= 11 is 0. The lowest BCUT2D eigenvalue weighted by Crippen LogP contribution is -2.14. The van der Waals surface area contributed by atoms with E-state index in [4.69, 9.17) is 4.74 Å². The SMILES string of the molecule is C=CC[C@@H]1C(=O)C=C(OC)[C@H]1C. The first-order valence-corrected chi connectivity index (χ1v) is 4.11. The average Bonchev–Trinajstić information content (AvgIpc) is 2.32. The maximum absolute atomic E-state index is 11.3. The van der Waals surface area contributed by atoms with Crippen molar-refractivity contribution < 1.29 is 9.53 Å². The molecular weight excluding hydrogens is 152 g/mol. The van der Waals surface area contributed by atoms with Gasteiger partial charge < -0.3 is 4.74 Å². The van der Waals surface area contributed by atoms with Gasteiger partial charge >= 0.3 is 0 Å². The molecule has 0 radical (unpaired) electrons. The van der Waals surface area contributed by atoms with Crippen molar-refractivity contribution in [1.29, 1.82) is 0 Å². The Morgan fingerprint density at radius 1 is 1.75 bits per heavy atom. The third-order valence-electron chi connectivity index (χ3n) is 2.36. The van der Waals surface area contributed by atoms with Crippen molar-refractivity contribution in [2.24, 2.45) is 11.8 Å². The van der Waals surface area contributed by atoms with E-state index < -0.39 is 0 Å². The maximum atomic E-state index is 11.3. The second-order valence-corrected chi connectivity index (χ2v) is 3.07. The first-order chi connectivity index (χ1) is 5.70. The summed E-state index contributed by atoms with van der Waals surface area (Å²) in [6.45, 7) is 5.64. The van der Waals surface area contributed by atoms with Gasteiger partial charge in [-0.15, -0.1) is 6.58 Å². The fraction of sp³-hybridized carbons (Fsp3) is 0.500. The highest BCUT2D eigenvalue weighted by Gasteiger charge is 2.32. The summed E-state index contributed by atoms with van der Waals surface area (Å²) in [6.07, 6.45) is 4.12. The summed E-state index contributed by atoms with van der Waals surface area (Å²) in [5, 5.41) is 0. The molecule has 0 aliphatic heterocycles. The van der Waals surface area contributed by atoms with Crippen LogP contribution in [0.2, 0.25) is 0 Å². The Morgan fingerprint density at radius 3 is 2.83 bits per heavy atom. The van der Waals surface area contributed by atoms with E-state index >= 15 is 0 Å². The molecule has 2 atom stereocenters. The molecule has 0 heterocycles. The van der Waals surface area contributed by atoms with Gasteiger partial charge in [0.15, 0.2) is 5.78 Å². The standard InChI is InChI=1S/C10H14O2/c1-4-5-8-7(2)10(12-3)6-9(8)11/h4,6-8H,1,5H2,2-3H3/t7-,8-/m0/s1. The summed E-state index contributed by atoms with van der Waals surface area (Å²) in [5.74, 6) is 1.23. The van der Waals surface area contributed by atoms with Crippen molar-refractivity contribution >= 4 is 5.78 Å². The molecule has 0 amide bonds. The number of ether oxygens (including phenoxy) is 1. The fourth-order valence-electron chi connectivity index (χ4n) is 1.57. The van der Waals surface area contributed by atoms with Crippen molar-refractivity contribution in [2.75, 3.05) is 7.11 Å². The van der Waals surface area contributed by atoms with Crippen LogP contribution in [0, 0.1) is 11.8 Å². The van der Waals surface area contributed by atoms with Crippen LogP contribution in [-0.4, -0.2) is 12.9 Å². The number of carbonyl (C=O) groups excluding carboxylic acids is 1. The summed E-state index contributed by atoms with van der Waals surface area (Å²) in [5.41, 5.74) is 0. The van der Waals surface area contributed by atoms with Gasteiger partial charge in [0.2, 0.25) is 0 Å². The highest BCUT2D eigenvalue weighted by atomic mass is 16.5. The first kappa shape index (κ1) is 9.04. The van der Waals surface area contributed by atoms with Crippen molar-refractivity contribution in [3.63, 3.8) is 0 Å². The third-order valence-corrected chi connectivity index (χ3v) is 2.36. The minimum Gasteiger partial charge on any atom is -0.501 e. The molecule has 12 heavy (non-hydrogen) atoms. The lowest BCUT2D eigenvalue weighted by molar-refractivity contribution is -0.118. The van der Waals surface area contributed by atoms with Crippen LogP contribution in [0.1, 0.15) is 13.3 Å². The van der Waals surface area contributed by atoms with Gasteiger partial charge in [-0.1, -0.05) is 13.0 Å². The minimum atomic E-state index is 0.0532. The maximum Gasteiger partial charge on any atom is 0.163 e. The van der Waals surface area contributed by atoms with Gasteiger partial charge in [-0.25, -0.2) is 0 Å². The number of hydrogen-bond donors (Lipinski definition) is 0. The number of methoxy groups -OCH3 is 1. The van der Waals surface area contributed by atoms with Crippen LogP contribution in [0.15, 0.2) is 24.5 Å². The smallest absolute Gasteiger partial charge is 0.163 e. The number of allylic oxidation sites excluding steroid dienone is 3. The molecule has 1 rings (SSSR count). The van der Waals surface area contributed by atoms with Crippen LogP contribution >= 0.6 is 0 Å². The topological polar surface area (TPSA) is 26.3 Å². The van der Waals surface area contributed by atoms with Crippen LogP contribution in [0.25, 0.3) is 0 Å². The zero-order valence-electron chi connectivity index (χ0n) is 7.54. The summed E-state index contributed by atoms with van der Waals surface area (Å²) in [6, 6.07) is 0. The third kappa shape index (κ3) is 1.42. The van der Waals surface area contributed by atoms with E-state index in [0.29, 0.717) is 0 Å². The van der Waals surface area contributed by atoms with Gasteiger partial charge in [0.25, 0.3) is 0 Å². The minimum absolute atomic E-state index is 0.0532. The fourth-order valence-corrected chi connectivity index (χ4v) is 1.57. The lowest BCUT2D eigenvalue weighted by Gasteiger charge is -2.14. The number of carbonyl (C=O) groups is 1. The molecule has 0 bridgehead atoms. The van der Waals surface area contributed by atoms with E-state index in [0.717, 1.165) is 12.2 Å². The lowest BCUT2D eigenvalue weighted by atomic mass is 9.92.